The Bertz CT molecular complexity index is 1280. The van der Waals surface area contributed by atoms with E-state index in [0.717, 1.165) is 83.5 Å². The van der Waals surface area contributed by atoms with Crippen LogP contribution in [-0.4, -0.2) is 60.5 Å². The summed E-state index contributed by atoms with van der Waals surface area (Å²) >= 11 is 0. The highest BCUT2D eigenvalue weighted by molar-refractivity contribution is 7.47. The Morgan fingerprint density at radius 1 is 0.582 bits per heavy atom. The Morgan fingerprint density at radius 2 is 1.00 bits per heavy atom. The molecule has 0 spiro atoms. The number of aliphatic carboxylic acids is 1. The molecular weight excluding hydrogens is 717 g/mol. The number of phosphoric ester groups is 1. The van der Waals surface area contributed by atoms with Gasteiger partial charge in [-0.3, -0.25) is 18.6 Å². The van der Waals surface area contributed by atoms with Gasteiger partial charge in [0, 0.05) is 13.0 Å². The Morgan fingerprint density at radius 3 is 1.45 bits per heavy atom. The number of carbonyl (C=O) groups is 2. The van der Waals surface area contributed by atoms with Crippen molar-refractivity contribution >= 4 is 19.8 Å². The maximum absolute atomic E-state index is 12.6. The average molecular weight is 788 g/mol. The van der Waals surface area contributed by atoms with Crippen LogP contribution in [0.3, 0.4) is 0 Å². The molecule has 0 aromatic heterocycles. The fourth-order valence-electron chi connectivity index (χ4n) is 4.51. The van der Waals surface area contributed by atoms with E-state index in [0.29, 0.717) is 19.4 Å². The van der Waals surface area contributed by atoms with Crippen LogP contribution in [0.1, 0.15) is 117 Å². The molecule has 0 heterocycles. The van der Waals surface area contributed by atoms with E-state index >= 15 is 0 Å². The van der Waals surface area contributed by atoms with Gasteiger partial charge in [0.2, 0.25) is 0 Å². The first-order valence-corrected chi connectivity index (χ1v) is 21.4. The number of esters is 1. The van der Waals surface area contributed by atoms with E-state index in [9.17, 15) is 19.0 Å². The monoisotopic (exact) mass is 787 g/mol. The van der Waals surface area contributed by atoms with E-state index in [2.05, 4.69) is 122 Å². The number of nitrogens with two attached hydrogens (primary N) is 1. The molecule has 0 aromatic rings. The predicted octanol–water partition coefficient (Wildman–Crippen LogP) is 10.7. The zero-order valence-electron chi connectivity index (χ0n) is 33.5. The number of rotatable bonds is 36. The number of carbonyl (C=O) groups excluding carboxylic acids is 1. The van der Waals surface area contributed by atoms with Crippen LogP contribution in [0.4, 0.5) is 0 Å². The van der Waals surface area contributed by atoms with Crippen molar-refractivity contribution in [3.8, 4) is 0 Å². The molecule has 55 heavy (non-hydrogen) atoms. The summed E-state index contributed by atoms with van der Waals surface area (Å²) in [5.74, 6) is -1.87. The molecule has 4 N–H and O–H groups in total. The molecule has 0 amide bonds. The molecule has 0 rings (SSSR count). The molecule has 3 atom stereocenters. The third kappa shape index (κ3) is 38.7. The Balaban J connectivity index is 4.49. The van der Waals surface area contributed by atoms with Gasteiger partial charge in [-0.05, 0) is 89.9 Å². The minimum absolute atomic E-state index is 0.0357. The number of phosphoric acid groups is 1. The third-order valence-corrected chi connectivity index (χ3v) is 8.50. The highest BCUT2D eigenvalue weighted by atomic mass is 31.2. The van der Waals surface area contributed by atoms with Crippen molar-refractivity contribution in [1.82, 2.24) is 0 Å². The van der Waals surface area contributed by atoms with Crippen LogP contribution in [-0.2, 0) is 32.7 Å². The fraction of sp³-hybridized carbons (Fsp3) is 0.545. The van der Waals surface area contributed by atoms with Crippen molar-refractivity contribution in [2.24, 2.45) is 5.73 Å². The van der Waals surface area contributed by atoms with Crippen molar-refractivity contribution in [2.45, 2.75) is 129 Å². The Labute approximate surface area is 331 Å². The molecule has 0 saturated heterocycles. The summed E-state index contributed by atoms with van der Waals surface area (Å²) in [5, 5.41) is 8.88. The first-order chi connectivity index (χ1) is 26.7. The van der Waals surface area contributed by atoms with Crippen LogP contribution < -0.4 is 5.73 Å². The molecule has 0 radical (unpaired) electrons. The van der Waals surface area contributed by atoms with Gasteiger partial charge >= 0.3 is 19.8 Å². The van der Waals surface area contributed by atoms with E-state index in [-0.39, 0.29) is 13.0 Å². The van der Waals surface area contributed by atoms with E-state index in [1.165, 1.54) is 0 Å². The third-order valence-electron chi connectivity index (χ3n) is 7.55. The summed E-state index contributed by atoms with van der Waals surface area (Å²) in [7, 11) is -4.65. The van der Waals surface area contributed by atoms with Crippen LogP contribution in [0.25, 0.3) is 0 Å². The molecule has 0 saturated carbocycles. The first kappa shape index (κ1) is 51.6. The average Bonchev–Trinajstić information content (AvgIpc) is 3.16. The molecule has 10 nitrogen and oxygen atoms in total. The maximum atomic E-state index is 12.6. The molecule has 0 aromatic carbocycles. The van der Waals surface area contributed by atoms with Gasteiger partial charge in [-0.2, -0.15) is 0 Å². The quantitative estimate of drug-likeness (QED) is 0.0242. The molecule has 0 aliphatic rings. The van der Waals surface area contributed by atoms with Crippen molar-refractivity contribution in [2.75, 3.05) is 26.4 Å². The highest BCUT2D eigenvalue weighted by Crippen LogP contribution is 2.43. The topological polar surface area (TPSA) is 155 Å². The molecule has 11 heteroatoms. The van der Waals surface area contributed by atoms with Gasteiger partial charge in [0.15, 0.2) is 0 Å². The smallest absolute Gasteiger partial charge is 0.472 e. The van der Waals surface area contributed by atoms with Gasteiger partial charge in [-0.15, -0.1) is 0 Å². The summed E-state index contributed by atoms with van der Waals surface area (Å²) < 4.78 is 33.2. The van der Waals surface area contributed by atoms with Crippen molar-refractivity contribution in [3.63, 3.8) is 0 Å². The lowest BCUT2D eigenvalue weighted by Gasteiger charge is -2.20. The lowest BCUT2D eigenvalue weighted by molar-refractivity contribution is -0.154. The number of ether oxygens (including phenoxy) is 2. The molecular formula is C44H70NO9P. The van der Waals surface area contributed by atoms with Crippen molar-refractivity contribution in [1.29, 1.82) is 0 Å². The van der Waals surface area contributed by atoms with Crippen molar-refractivity contribution in [3.05, 3.63) is 109 Å². The normalized spacial score (nSPS) is 15.1. The predicted molar refractivity (Wildman–Crippen MR) is 226 cm³/mol. The van der Waals surface area contributed by atoms with Gasteiger partial charge in [0.05, 0.1) is 19.8 Å². The summed E-state index contributed by atoms with van der Waals surface area (Å²) in [6, 6.07) is -1.49. The second-order valence-corrected chi connectivity index (χ2v) is 14.1. The maximum Gasteiger partial charge on any atom is 0.472 e. The van der Waals surface area contributed by atoms with Gasteiger partial charge in [-0.25, -0.2) is 4.57 Å². The number of hydrogen-bond acceptors (Lipinski definition) is 8. The molecule has 3 unspecified atom stereocenters. The van der Waals surface area contributed by atoms with Crippen LogP contribution >= 0.6 is 7.82 Å². The number of carboxylic acid groups (broad SMARTS) is 1. The van der Waals surface area contributed by atoms with Crippen LogP contribution in [0.15, 0.2) is 109 Å². The zero-order chi connectivity index (χ0) is 40.5. The van der Waals surface area contributed by atoms with Gasteiger partial charge in [0.25, 0.3) is 0 Å². The number of allylic oxidation sites excluding steroid dienone is 18. The van der Waals surface area contributed by atoms with E-state index in [4.69, 9.17) is 24.8 Å². The van der Waals surface area contributed by atoms with Crippen LogP contribution in [0.2, 0.25) is 0 Å². The molecule has 0 aliphatic carbocycles. The Kier molecular flexibility index (Phi) is 36.5. The van der Waals surface area contributed by atoms with Crippen LogP contribution in [0, 0.1) is 0 Å². The summed E-state index contributed by atoms with van der Waals surface area (Å²) in [6.07, 6.45) is 51.5. The second kappa shape index (κ2) is 38.9. The second-order valence-electron chi connectivity index (χ2n) is 12.6. The summed E-state index contributed by atoms with van der Waals surface area (Å²) in [4.78, 5) is 33.4. The van der Waals surface area contributed by atoms with Gasteiger partial charge in [0.1, 0.15) is 12.1 Å². The summed E-state index contributed by atoms with van der Waals surface area (Å²) in [6.45, 7) is 3.46. The standard InChI is InChI=1S/C44H70NO9P/c1-3-5-7-9-11-13-15-17-19-21-22-24-26-28-30-32-34-36-43(46)54-41(39-52-55(49,50)53-40-42(45)44(47)48)38-51-37-35-33-31-29-27-25-23-20-18-16-14-12-10-8-6-4-2/h5-8,11-14,17-20,22,24-25,27-28,30,41-42H,3-4,9-10,15-16,21,23,26,29,31-40,45H2,1-2H3,(H,47,48)(H,49,50)/b7-5-,8-6-,13-11-,14-12-,19-17-,20-18-,24-22-,27-25-,30-28-. The number of unbranched alkanes of at least 4 members (excludes halogenated alkanes) is 4. The van der Waals surface area contributed by atoms with Crippen molar-refractivity contribution < 1.29 is 42.7 Å². The van der Waals surface area contributed by atoms with E-state index in [1.54, 1.807) is 0 Å². The van der Waals surface area contributed by atoms with Gasteiger partial charge in [-0.1, -0.05) is 130 Å². The summed E-state index contributed by atoms with van der Waals surface area (Å²) in [5.41, 5.74) is 5.34. The van der Waals surface area contributed by atoms with E-state index in [1.807, 2.05) is 6.08 Å². The zero-order valence-corrected chi connectivity index (χ0v) is 34.4. The largest absolute Gasteiger partial charge is 0.480 e. The van der Waals surface area contributed by atoms with Crippen LogP contribution in [0.5, 0.6) is 0 Å². The lowest BCUT2D eigenvalue weighted by Crippen LogP contribution is -2.34. The minimum atomic E-state index is -4.65. The SMILES string of the molecule is CC/C=C\C/C=C\C/C=C\C/C=C\C/C=C\CCCC(=O)OC(COCCCCC/C=C\C/C=C\C/C=C\C/C=C\CC)COP(=O)(O)OCC(N)C(=O)O. The molecule has 0 bridgehead atoms. The minimum Gasteiger partial charge on any atom is -0.480 e. The number of carboxylic acids is 1. The Hall–Kier alpha value is -3.37. The molecule has 310 valence electrons. The van der Waals surface area contributed by atoms with E-state index < -0.39 is 45.1 Å². The lowest BCUT2D eigenvalue weighted by atomic mass is 10.2. The highest BCUT2D eigenvalue weighted by Gasteiger charge is 2.27. The number of hydrogen-bond donors (Lipinski definition) is 3. The first-order valence-electron chi connectivity index (χ1n) is 19.9. The molecule has 0 fully saturated rings. The molecule has 0 aliphatic heterocycles. The van der Waals surface area contributed by atoms with Gasteiger partial charge < -0.3 is 25.2 Å². The fourth-order valence-corrected chi connectivity index (χ4v) is 5.29.